The van der Waals surface area contributed by atoms with Crippen LogP contribution < -0.4 is 4.74 Å². The molecule has 72 valence electrons. The Morgan fingerprint density at radius 2 is 2.23 bits per heavy atom. The molecule has 0 fully saturated rings. The topological polar surface area (TPSA) is 55.2 Å². The second kappa shape index (κ2) is 4.64. The van der Waals surface area contributed by atoms with Crippen LogP contribution in [0.3, 0.4) is 0 Å². The maximum Gasteiger partial charge on any atom is 0.257 e. The lowest BCUT2D eigenvalue weighted by Crippen LogP contribution is -1.99. The van der Waals surface area contributed by atoms with Crippen molar-refractivity contribution < 1.29 is 9.84 Å². The summed E-state index contributed by atoms with van der Waals surface area (Å²) in [6.07, 6.45) is 3.12. The first kappa shape index (κ1) is 9.77. The molecule has 0 aliphatic heterocycles. The Morgan fingerprint density at radius 1 is 1.46 bits per heavy atom. The van der Waals surface area contributed by atoms with Gasteiger partial charge in [-0.25, -0.2) is 4.98 Å². The quantitative estimate of drug-likeness (QED) is 0.767. The standard InChI is InChI=1S/C9H14N2O2/c1-3-5-13-7-6-10-8(4-2)11-9(7)12/h6H,3-5H2,1-2H3,(H,10,11,12). The van der Waals surface area contributed by atoms with Crippen LogP contribution in [0.2, 0.25) is 0 Å². The van der Waals surface area contributed by atoms with Gasteiger partial charge >= 0.3 is 0 Å². The Morgan fingerprint density at radius 3 is 2.77 bits per heavy atom. The number of aromatic hydroxyl groups is 1. The van der Waals surface area contributed by atoms with E-state index in [9.17, 15) is 5.11 Å². The third kappa shape index (κ3) is 2.57. The molecule has 1 N–H and O–H groups in total. The van der Waals surface area contributed by atoms with Crippen molar-refractivity contribution in [2.45, 2.75) is 26.7 Å². The maximum atomic E-state index is 9.37. The highest BCUT2D eigenvalue weighted by Gasteiger charge is 2.04. The van der Waals surface area contributed by atoms with E-state index in [2.05, 4.69) is 9.97 Å². The van der Waals surface area contributed by atoms with Gasteiger partial charge in [-0.1, -0.05) is 13.8 Å². The van der Waals surface area contributed by atoms with Crippen molar-refractivity contribution in [3.05, 3.63) is 12.0 Å². The summed E-state index contributed by atoms with van der Waals surface area (Å²) in [5, 5.41) is 9.37. The van der Waals surface area contributed by atoms with Crippen molar-refractivity contribution in [1.82, 2.24) is 9.97 Å². The zero-order valence-electron chi connectivity index (χ0n) is 7.95. The summed E-state index contributed by atoms with van der Waals surface area (Å²) in [6, 6.07) is 0. The van der Waals surface area contributed by atoms with E-state index in [-0.39, 0.29) is 5.88 Å². The molecule has 13 heavy (non-hydrogen) atoms. The van der Waals surface area contributed by atoms with Crippen molar-refractivity contribution in [2.75, 3.05) is 6.61 Å². The minimum atomic E-state index is -0.0692. The van der Waals surface area contributed by atoms with Crippen molar-refractivity contribution in [1.29, 1.82) is 0 Å². The van der Waals surface area contributed by atoms with Crippen LogP contribution in [0.25, 0.3) is 0 Å². The second-order valence-corrected chi connectivity index (χ2v) is 2.68. The first-order valence-electron chi connectivity index (χ1n) is 4.45. The molecule has 4 nitrogen and oxygen atoms in total. The molecular weight excluding hydrogens is 168 g/mol. The van der Waals surface area contributed by atoms with Gasteiger partial charge in [-0.15, -0.1) is 0 Å². The van der Waals surface area contributed by atoms with Crippen molar-refractivity contribution in [3.63, 3.8) is 0 Å². The van der Waals surface area contributed by atoms with Gasteiger partial charge in [0, 0.05) is 6.42 Å². The summed E-state index contributed by atoms with van der Waals surface area (Å²) in [7, 11) is 0. The van der Waals surface area contributed by atoms with Gasteiger partial charge in [-0.2, -0.15) is 4.98 Å². The third-order valence-electron chi connectivity index (χ3n) is 1.56. The molecule has 0 spiro atoms. The minimum absolute atomic E-state index is 0.0692. The molecule has 1 rings (SSSR count). The van der Waals surface area contributed by atoms with E-state index < -0.39 is 0 Å². The zero-order chi connectivity index (χ0) is 9.68. The number of aromatic nitrogens is 2. The van der Waals surface area contributed by atoms with Gasteiger partial charge in [0.2, 0.25) is 0 Å². The molecule has 1 aromatic rings. The number of rotatable bonds is 4. The van der Waals surface area contributed by atoms with Crippen molar-refractivity contribution >= 4 is 0 Å². The largest absolute Gasteiger partial charge is 0.491 e. The van der Waals surface area contributed by atoms with Gasteiger partial charge in [0.15, 0.2) is 5.75 Å². The lowest BCUT2D eigenvalue weighted by atomic mass is 10.4. The first-order chi connectivity index (χ1) is 6.27. The fourth-order valence-corrected chi connectivity index (χ4v) is 0.881. The molecule has 0 saturated heterocycles. The predicted octanol–water partition coefficient (Wildman–Crippen LogP) is 1.53. The van der Waals surface area contributed by atoms with Crippen LogP contribution in [0.1, 0.15) is 26.1 Å². The predicted molar refractivity (Wildman–Crippen MR) is 48.9 cm³/mol. The SMILES string of the molecule is CCCOc1cnc(CC)nc1O. The molecule has 0 atom stereocenters. The number of hydrogen-bond acceptors (Lipinski definition) is 4. The van der Waals surface area contributed by atoms with Crippen LogP contribution in [0.5, 0.6) is 11.6 Å². The molecule has 0 amide bonds. The molecule has 0 aromatic carbocycles. The second-order valence-electron chi connectivity index (χ2n) is 2.68. The molecule has 0 aliphatic rings. The Balaban J connectivity index is 2.73. The molecule has 0 saturated carbocycles. The average molecular weight is 182 g/mol. The summed E-state index contributed by atoms with van der Waals surface area (Å²) in [6.45, 7) is 4.50. The summed E-state index contributed by atoms with van der Waals surface area (Å²) >= 11 is 0. The fraction of sp³-hybridized carbons (Fsp3) is 0.556. The van der Waals surface area contributed by atoms with Gasteiger partial charge in [-0.05, 0) is 6.42 Å². The maximum absolute atomic E-state index is 9.37. The van der Waals surface area contributed by atoms with Crippen molar-refractivity contribution in [2.24, 2.45) is 0 Å². The Kier molecular flexibility index (Phi) is 3.49. The van der Waals surface area contributed by atoms with E-state index in [1.165, 1.54) is 6.20 Å². The number of hydrogen-bond donors (Lipinski definition) is 1. The zero-order valence-corrected chi connectivity index (χ0v) is 7.95. The van der Waals surface area contributed by atoms with Crippen LogP contribution in [-0.4, -0.2) is 21.7 Å². The minimum Gasteiger partial charge on any atom is -0.491 e. The average Bonchev–Trinajstić information content (AvgIpc) is 2.16. The van der Waals surface area contributed by atoms with Gasteiger partial charge in [0.05, 0.1) is 12.8 Å². The van der Waals surface area contributed by atoms with E-state index >= 15 is 0 Å². The number of ether oxygens (including phenoxy) is 1. The van der Waals surface area contributed by atoms with Crippen molar-refractivity contribution in [3.8, 4) is 11.6 Å². The fourth-order valence-electron chi connectivity index (χ4n) is 0.881. The lowest BCUT2D eigenvalue weighted by Gasteiger charge is -2.05. The normalized spacial score (nSPS) is 10.0. The monoisotopic (exact) mass is 182 g/mol. The summed E-state index contributed by atoms with van der Waals surface area (Å²) in [5.41, 5.74) is 0. The van der Waals surface area contributed by atoms with E-state index in [4.69, 9.17) is 4.74 Å². The molecule has 0 radical (unpaired) electrons. The molecule has 1 heterocycles. The van der Waals surface area contributed by atoms with Crippen LogP contribution in [0, 0.1) is 0 Å². The van der Waals surface area contributed by atoms with E-state index in [0.717, 1.165) is 6.42 Å². The number of nitrogens with zero attached hydrogens (tertiary/aromatic N) is 2. The van der Waals surface area contributed by atoms with E-state index in [1.807, 2.05) is 13.8 Å². The lowest BCUT2D eigenvalue weighted by molar-refractivity contribution is 0.292. The van der Waals surface area contributed by atoms with E-state index in [1.54, 1.807) is 0 Å². The molecule has 4 heteroatoms. The van der Waals surface area contributed by atoms with Gasteiger partial charge < -0.3 is 9.84 Å². The van der Waals surface area contributed by atoms with Crippen LogP contribution in [0.15, 0.2) is 6.20 Å². The summed E-state index contributed by atoms with van der Waals surface area (Å²) < 4.78 is 5.21. The molecular formula is C9H14N2O2. The molecule has 1 aromatic heterocycles. The Bertz CT molecular complexity index is 276. The van der Waals surface area contributed by atoms with Gasteiger partial charge in [0.1, 0.15) is 5.82 Å². The first-order valence-corrected chi connectivity index (χ1v) is 4.45. The van der Waals surface area contributed by atoms with Crippen LogP contribution in [0.4, 0.5) is 0 Å². The summed E-state index contributed by atoms with van der Waals surface area (Å²) in [4.78, 5) is 7.88. The summed E-state index contributed by atoms with van der Waals surface area (Å²) in [5.74, 6) is 0.917. The van der Waals surface area contributed by atoms with Crippen LogP contribution >= 0.6 is 0 Å². The van der Waals surface area contributed by atoms with Crippen LogP contribution in [-0.2, 0) is 6.42 Å². The van der Waals surface area contributed by atoms with Gasteiger partial charge in [-0.3, -0.25) is 0 Å². The highest BCUT2D eigenvalue weighted by molar-refractivity contribution is 5.29. The third-order valence-corrected chi connectivity index (χ3v) is 1.56. The highest BCUT2D eigenvalue weighted by atomic mass is 16.5. The van der Waals surface area contributed by atoms with Gasteiger partial charge in [0.25, 0.3) is 5.88 Å². The molecule has 0 aliphatic carbocycles. The Labute approximate surface area is 77.6 Å². The van der Waals surface area contributed by atoms with E-state index in [0.29, 0.717) is 24.6 Å². The Hall–Kier alpha value is -1.32. The smallest absolute Gasteiger partial charge is 0.257 e. The number of aryl methyl sites for hydroxylation is 1. The molecule has 0 bridgehead atoms. The highest BCUT2D eigenvalue weighted by Crippen LogP contribution is 2.21. The molecule has 0 unspecified atom stereocenters.